The maximum Gasteiger partial charge on any atom is 0.223 e. The van der Waals surface area contributed by atoms with Crippen LogP contribution in [0, 0.1) is 6.92 Å². The van der Waals surface area contributed by atoms with Crippen molar-refractivity contribution >= 4 is 5.82 Å². The molecule has 0 bridgehead atoms. The molecule has 0 amide bonds. The van der Waals surface area contributed by atoms with Crippen molar-refractivity contribution in [2.45, 2.75) is 39.2 Å². The number of aryl methyl sites for hydroxylation is 2. The molecule has 2 heterocycles. The molecule has 0 radical (unpaired) electrons. The summed E-state index contributed by atoms with van der Waals surface area (Å²) < 4.78 is 4.93. The molecule has 1 N–H and O–H groups in total. The Morgan fingerprint density at radius 2 is 2.17 bits per heavy atom. The van der Waals surface area contributed by atoms with Crippen LogP contribution in [0.3, 0.4) is 0 Å². The Kier molecular flexibility index (Phi) is 2.92. The van der Waals surface area contributed by atoms with Crippen molar-refractivity contribution in [2.75, 3.05) is 5.32 Å². The average Bonchev–Trinajstić information content (AvgIpc) is 2.82. The first kappa shape index (κ1) is 11.1. The fraction of sp³-hybridized carbons (Fsp3) is 0.500. The summed E-state index contributed by atoms with van der Waals surface area (Å²) in [6, 6.07) is 0. The fourth-order valence-corrected chi connectivity index (χ4v) is 2.25. The third-order valence-corrected chi connectivity index (χ3v) is 3.11. The lowest BCUT2D eigenvalue weighted by Crippen LogP contribution is -2.12. The van der Waals surface area contributed by atoms with Gasteiger partial charge in [0.2, 0.25) is 5.89 Å². The monoisotopic (exact) mass is 245 g/mol. The predicted molar refractivity (Wildman–Crippen MR) is 65.0 cm³/mol. The second kappa shape index (κ2) is 4.72. The Labute approximate surface area is 105 Å². The van der Waals surface area contributed by atoms with E-state index in [9.17, 15) is 0 Å². The lowest BCUT2D eigenvalue weighted by molar-refractivity contribution is 0.388. The van der Waals surface area contributed by atoms with Gasteiger partial charge >= 0.3 is 0 Å². The number of hydrogen-bond donors (Lipinski definition) is 1. The van der Waals surface area contributed by atoms with E-state index >= 15 is 0 Å². The number of nitrogens with one attached hydrogen (secondary N) is 1. The third-order valence-electron chi connectivity index (χ3n) is 3.11. The summed E-state index contributed by atoms with van der Waals surface area (Å²) in [7, 11) is 0. The van der Waals surface area contributed by atoms with Gasteiger partial charge in [-0.25, -0.2) is 9.97 Å². The van der Waals surface area contributed by atoms with Crippen molar-refractivity contribution in [3.8, 4) is 0 Å². The summed E-state index contributed by atoms with van der Waals surface area (Å²) in [5.41, 5.74) is 2.41. The van der Waals surface area contributed by atoms with E-state index in [1.165, 1.54) is 24.1 Å². The SMILES string of the molecule is Cc1nc(CNc2ncnc3c2CCCC3)no1. The molecule has 94 valence electrons. The predicted octanol–water partition coefficient (Wildman–Crippen LogP) is 1.66. The molecule has 1 aliphatic carbocycles. The van der Waals surface area contributed by atoms with E-state index in [4.69, 9.17) is 4.52 Å². The van der Waals surface area contributed by atoms with Crippen molar-refractivity contribution < 1.29 is 4.52 Å². The normalized spacial score (nSPS) is 14.3. The lowest BCUT2D eigenvalue weighted by Gasteiger charge is -2.17. The van der Waals surface area contributed by atoms with Crippen molar-refractivity contribution in [3.63, 3.8) is 0 Å². The van der Waals surface area contributed by atoms with E-state index in [0.29, 0.717) is 18.3 Å². The van der Waals surface area contributed by atoms with Gasteiger partial charge in [0.1, 0.15) is 12.1 Å². The number of anilines is 1. The molecule has 0 atom stereocenters. The smallest absolute Gasteiger partial charge is 0.223 e. The summed E-state index contributed by atoms with van der Waals surface area (Å²) in [6.45, 7) is 2.31. The largest absolute Gasteiger partial charge is 0.362 e. The van der Waals surface area contributed by atoms with Gasteiger partial charge in [-0.15, -0.1) is 0 Å². The zero-order valence-corrected chi connectivity index (χ0v) is 10.3. The van der Waals surface area contributed by atoms with Gasteiger partial charge in [0.05, 0.1) is 6.54 Å². The number of nitrogens with zero attached hydrogens (tertiary/aromatic N) is 4. The molecule has 0 aliphatic heterocycles. The number of rotatable bonds is 3. The first-order chi connectivity index (χ1) is 8.83. The lowest BCUT2D eigenvalue weighted by atomic mass is 9.96. The van der Waals surface area contributed by atoms with Gasteiger partial charge in [0.25, 0.3) is 0 Å². The second-order valence-corrected chi connectivity index (χ2v) is 4.44. The molecule has 0 fully saturated rings. The first-order valence-electron chi connectivity index (χ1n) is 6.19. The van der Waals surface area contributed by atoms with Crippen molar-refractivity contribution in [3.05, 3.63) is 29.3 Å². The molecular formula is C12H15N5O. The molecule has 0 saturated heterocycles. The van der Waals surface area contributed by atoms with E-state index in [0.717, 1.165) is 18.7 Å². The van der Waals surface area contributed by atoms with Crippen LogP contribution in [0.5, 0.6) is 0 Å². The van der Waals surface area contributed by atoms with Crippen LogP contribution in [0.15, 0.2) is 10.9 Å². The second-order valence-electron chi connectivity index (χ2n) is 4.44. The molecule has 2 aromatic heterocycles. The van der Waals surface area contributed by atoms with Crippen molar-refractivity contribution in [1.82, 2.24) is 20.1 Å². The molecule has 0 unspecified atom stereocenters. The van der Waals surface area contributed by atoms with Crippen LogP contribution >= 0.6 is 0 Å². The zero-order valence-electron chi connectivity index (χ0n) is 10.3. The van der Waals surface area contributed by atoms with Crippen LogP contribution in [0.1, 0.15) is 35.8 Å². The summed E-state index contributed by atoms with van der Waals surface area (Å²) in [6.07, 6.45) is 6.13. The zero-order chi connectivity index (χ0) is 12.4. The number of fused-ring (bicyclic) bond motifs is 1. The highest BCUT2D eigenvalue weighted by Gasteiger charge is 2.15. The minimum atomic E-state index is 0.529. The van der Waals surface area contributed by atoms with Gasteiger partial charge in [-0.1, -0.05) is 5.16 Å². The van der Waals surface area contributed by atoms with Gasteiger partial charge < -0.3 is 9.84 Å². The topological polar surface area (TPSA) is 76.7 Å². The summed E-state index contributed by atoms with van der Waals surface area (Å²) >= 11 is 0. The molecule has 18 heavy (non-hydrogen) atoms. The van der Waals surface area contributed by atoms with Crippen LogP contribution in [0.4, 0.5) is 5.82 Å². The van der Waals surface area contributed by atoms with E-state index in [2.05, 4.69) is 25.4 Å². The third kappa shape index (κ3) is 2.18. The molecule has 1 aliphatic rings. The van der Waals surface area contributed by atoms with Crippen LogP contribution < -0.4 is 5.32 Å². The van der Waals surface area contributed by atoms with Crippen LogP contribution in [0.2, 0.25) is 0 Å². The van der Waals surface area contributed by atoms with E-state index in [1.807, 2.05) is 0 Å². The molecule has 0 spiro atoms. The van der Waals surface area contributed by atoms with E-state index < -0.39 is 0 Å². The Morgan fingerprint density at radius 1 is 1.28 bits per heavy atom. The van der Waals surface area contributed by atoms with Crippen molar-refractivity contribution in [1.29, 1.82) is 0 Å². The van der Waals surface area contributed by atoms with Crippen LogP contribution in [0.25, 0.3) is 0 Å². The highest BCUT2D eigenvalue weighted by molar-refractivity contribution is 5.46. The first-order valence-corrected chi connectivity index (χ1v) is 6.19. The summed E-state index contributed by atoms with van der Waals surface area (Å²) in [4.78, 5) is 12.8. The van der Waals surface area contributed by atoms with E-state index in [-0.39, 0.29) is 0 Å². The van der Waals surface area contributed by atoms with E-state index in [1.54, 1.807) is 13.3 Å². The Morgan fingerprint density at radius 3 is 3.00 bits per heavy atom. The minimum Gasteiger partial charge on any atom is -0.362 e. The molecule has 0 saturated carbocycles. The standard InChI is InChI=1S/C12H15N5O/c1-8-16-11(17-18-8)6-13-12-9-4-2-3-5-10(9)14-7-15-12/h7H,2-6H2,1H3,(H,13,14,15). The maximum absolute atomic E-state index is 4.93. The highest BCUT2D eigenvalue weighted by Crippen LogP contribution is 2.24. The fourth-order valence-electron chi connectivity index (χ4n) is 2.25. The van der Waals surface area contributed by atoms with Crippen molar-refractivity contribution in [2.24, 2.45) is 0 Å². The van der Waals surface area contributed by atoms with Gasteiger partial charge in [-0.2, -0.15) is 4.98 Å². The molecule has 2 aromatic rings. The molecule has 0 aromatic carbocycles. The summed E-state index contributed by atoms with van der Waals surface area (Å²) in [5.74, 6) is 2.13. The Bertz CT molecular complexity index is 551. The molecular weight excluding hydrogens is 230 g/mol. The number of aromatic nitrogens is 4. The van der Waals surface area contributed by atoms with Gasteiger partial charge in [-0.3, -0.25) is 0 Å². The molecule has 6 heteroatoms. The van der Waals surface area contributed by atoms with Crippen LogP contribution in [-0.4, -0.2) is 20.1 Å². The van der Waals surface area contributed by atoms with Crippen LogP contribution in [-0.2, 0) is 19.4 Å². The molecule has 3 rings (SSSR count). The Hall–Kier alpha value is -1.98. The maximum atomic E-state index is 4.93. The average molecular weight is 245 g/mol. The Balaban J connectivity index is 1.76. The van der Waals surface area contributed by atoms with Gasteiger partial charge in [-0.05, 0) is 25.7 Å². The van der Waals surface area contributed by atoms with Gasteiger partial charge in [0.15, 0.2) is 5.82 Å². The summed E-state index contributed by atoms with van der Waals surface area (Å²) in [5, 5.41) is 7.12. The minimum absolute atomic E-state index is 0.529. The highest BCUT2D eigenvalue weighted by atomic mass is 16.5. The quantitative estimate of drug-likeness (QED) is 0.886. The van der Waals surface area contributed by atoms with Gasteiger partial charge in [0, 0.05) is 18.2 Å². The number of hydrogen-bond acceptors (Lipinski definition) is 6. The molecule has 6 nitrogen and oxygen atoms in total.